The summed E-state index contributed by atoms with van der Waals surface area (Å²) in [5.41, 5.74) is 2.32. The highest BCUT2D eigenvalue weighted by Gasteiger charge is 2.27. The minimum Gasteiger partial charge on any atom is -0.341 e. The number of likely N-dealkylation sites (tertiary alicyclic amines) is 1. The number of likely N-dealkylation sites (N-methyl/N-ethyl adjacent to an activating group) is 1. The maximum atomic E-state index is 12.8. The summed E-state index contributed by atoms with van der Waals surface area (Å²) in [5, 5.41) is 4.36. The second-order valence-corrected chi connectivity index (χ2v) is 8.03. The Balaban J connectivity index is 1.63. The molecule has 0 unspecified atom stereocenters. The molecule has 0 saturated carbocycles. The molecule has 2 saturated heterocycles. The number of nitrogens with one attached hydrogen (secondary N) is 1. The number of rotatable bonds is 3. The molecule has 1 N–H and O–H groups in total. The van der Waals surface area contributed by atoms with Gasteiger partial charge < -0.3 is 14.8 Å². The second kappa shape index (κ2) is 7.39. The van der Waals surface area contributed by atoms with Crippen molar-refractivity contribution in [2.45, 2.75) is 26.3 Å². The minimum absolute atomic E-state index is 0.142. The molecule has 0 spiro atoms. The Kier molecular flexibility index (Phi) is 4.93. The van der Waals surface area contributed by atoms with Crippen LogP contribution in [0.25, 0.3) is 17.0 Å². The molecule has 2 aliphatic rings. The number of thiocarbonyl (C=S) groups is 1. The second-order valence-electron chi connectivity index (χ2n) is 7.65. The first kappa shape index (κ1) is 18.7. The van der Waals surface area contributed by atoms with Gasteiger partial charge in [0, 0.05) is 42.8 Å². The van der Waals surface area contributed by atoms with E-state index in [0.29, 0.717) is 23.3 Å². The van der Waals surface area contributed by atoms with Crippen molar-refractivity contribution in [1.29, 1.82) is 0 Å². The van der Waals surface area contributed by atoms with Gasteiger partial charge in [-0.25, -0.2) is 0 Å². The quantitative estimate of drug-likeness (QED) is 0.640. The molecule has 1 aromatic heterocycles. The first-order valence-electron chi connectivity index (χ1n) is 9.60. The van der Waals surface area contributed by atoms with Crippen LogP contribution in [-0.4, -0.2) is 51.4 Å². The summed E-state index contributed by atoms with van der Waals surface area (Å²) in [5.74, 6) is 0.679. The monoisotopic (exact) mass is 396 g/mol. The highest BCUT2D eigenvalue weighted by atomic mass is 32.1. The third-order valence-corrected chi connectivity index (χ3v) is 6.02. The molecule has 2 aliphatic heterocycles. The van der Waals surface area contributed by atoms with Gasteiger partial charge in [0.1, 0.15) is 12.2 Å². The Morgan fingerprint density at radius 2 is 2.00 bits per heavy atom. The molecule has 146 valence electrons. The lowest BCUT2D eigenvalue weighted by molar-refractivity contribution is -0.133. The maximum absolute atomic E-state index is 12.8. The average molecular weight is 397 g/mol. The summed E-state index contributed by atoms with van der Waals surface area (Å²) in [4.78, 5) is 28.5. The van der Waals surface area contributed by atoms with E-state index in [1.165, 1.54) is 4.90 Å². The summed E-state index contributed by atoms with van der Waals surface area (Å²) in [6.07, 6.45) is 5.88. The van der Waals surface area contributed by atoms with Gasteiger partial charge in [-0.1, -0.05) is 25.1 Å². The molecule has 0 atom stereocenters. The lowest BCUT2D eigenvalue weighted by Crippen LogP contribution is -2.39. The lowest BCUT2D eigenvalue weighted by Gasteiger charge is -2.30. The Hall–Kier alpha value is -2.67. The summed E-state index contributed by atoms with van der Waals surface area (Å²) >= 11 is 5.15. The van der Waals surface area contributed by atoms with Crippen LogP contribution in [0.15, 0.2) is 36.2 Å². The van der Waals surface area contributed by atoms with Crippen molar-refractivity contribution in [1.82, 2.24) is 19.7 Å². The maximum Gasteiger partial charge on any atom is 0.276 e. The van der Waals surface area contributed by atoms with Crippen LogP contribution < -0.4 is 5.32 Å². The van der Waals surface area contributed by atoms with Gasteiger partial charge in [0.2, 0.25) is 5.91 Å². The van der Waals surface area contributed by atoms with Crippen LogP contribution in [0, 0.1) is 5.92 Å². The number of aromatic nitrogens is 1. The van der Waals surface area contributed by atoms with E-state index in [0.717, 1.165) is 42.4 Å². The summed E-state index contributed by atoms with van der Waals surface area (Å²) in [6, 6.07) is 7.93. The van der Waals surface area contributed by atoms with Crippen molar-refractivity contribution in [2.24, 2.45) is 5.92 Å². The van der Waals surface area contributed by atoms with Crippen molar-refractivity contribution in [2.75, 3.05) is 20.1 Å². The Labute approximate surface area is 169 Å². The van der Waals surface area contributed by atoms with Gasteiger partial charge in [-0.15, -0.1) is 0 Å². The number of benzene rings is 1. The molecule has 6 nitrogen and oxygen atoms in total. The van der Waals surface area contributed by atoms with Crippen LogP contribution in [0.2, 0.25) is 0 Å². The fourth-order valence-corrected chi connectivity index (χ4v) is 4.00. The van der Waals surface area contributed by atoms with Crippen LogP contribution >= 0.6 is 12.2 Å². The van der Waals surface area contributed by atoms with E-state index in [1.54, 1.807) is 7.05 Å². The molecule has 0 bridgehead atoms. The molecule has 2 aromatic rings. The number of para-hydroxylation sites is 1. The standard InChI is InChI=1S/C21H24N4O2S/c1-14-7-9-24(10-8-14)19(26)13-25-12-15(16-5-3-4-6-18(16)25)11-17-20(27)23(2)21(28)22-17/h3-6,11-12,14H,7-10,13H2,1-2H3,(H,22,28)/b17-11-. The van der Waals surface area contributed by atoms with E-state index in [9.17, 15) is 9.59 Å². The predicted octanol–water partition coefficient (Wildman–Crippen LogP) is 2.59. The zero-order valence-corrected chi connectivity index (χ0v) is 17.0. The van der Waals surface area contributed by atoms with Gasteiger partial charge in [0.25, 0.3) is 5.91 Å². The first-order valence-corrected chi connectivity index (χ1v) is 10.0. The third kappa shape index (κ3) is 3.42. The Bertz CT molecular complexity index is 985. The first-order chi connectivity index (χ1) is 13.4. The van der Waals surface area contributed by atoms with Gasteiger partial charge in [0.15, 0.2) is 5.11 Å². The van der Waals surface area contributed by atoms with E-state index in [4.69, 9.17) is 12.2 Å². The van der Waals surface area contributed by atoms with Gasteiger partial charge in [-0.3, -0.25) is 14.5 Å². The van der Waals surface area contributed by atoms with Crippen LogP contribution in [0.5, 0.6) is 0 Å². The van der Waals surface area contributed by atoms with Gasteiger partial charge >= 0.3 is 0 Å². The van der Waals surface area contributed by atoms with Crippen molar-refractivity contribution >= 4 is 46.1 Å². The van der Waals surface area contributed by atoms with Crippen LogP contribution in [0.4, 0.5) is 0 Å². The summed E-state index contributed by atoms with van der Waals surface area (Å²) < 4.78 is 1.98. The molecule has 7 heteroatoms. The Morgan fingerprint density at radius 1 is 1.29 bits per heavy atom. The summed E-state index contributed by atoms with van der Waals surface area (Å²) in [7, 11) is 1.65. The molecule has 0 aliphatic carbocycles. The number of fused-ring (bicyclic) bond motifs is 1. The molecular weight excluding hydrogens is 372 g/mol. The number of nitrogens with zero attached hydrogens (tertiary/aromatic N) is 3. The molecular formula is C21H24N4O2S. The molecule has 1 aromatic carbocycles. The highest BCUT2D eigenvalue weighted by molar-refractivity contribution is 7.80. The van der Waals surface area contributed by atoms with E-state index >= 15 is 0 Å². The fraction of sp³-hybridized carbons (Fsp3) is 0.381. The summed E-state index contributed by atoms with van der Waals surface area (Å²) in [6.45, 7) is 4.21. The van der Waals surface area contributed by atoms with Crippen LogP contribution in [-0.2, 0) is 16.1 Å². The molecule has 4 rings (SSSR count). The minimum atomic E-state index is -0.152. The van der Waals surface area contributed by atoms with Crippen molar-refractivity contribution in [3.63, 3.8) is 0 Å². The predicted molar refractivity (Wildman–Crippen MR) is 113 cm³/mol. The number of amides is 2. The number of piperidine rings is 1. The van der Waals surface area contributed by atoms with E-state index in [1.807, 2.05) is 46.0 Å². The van der Waals surface area contributed by atoms with Crippen molar-refractivity contribution in [3.8, 4) is 0 Å². The molecule has 0 radical (unpaired) electrons. The zero-order valence-electron chi connectivity index (χ0n) is 16.1. The zero-order chi connectivity index (χ0) is 19.8. The topological polar surface area (TPSA) is 57.6 Å². The molecule has 28 heavy (non-hydrogen) atoms. The third-order valence-electron chi connectivity index (χ3n) is 5.64. The smallest absolute Gasteiger partial charge is 0.276 e. The lowest BCUT2D eigenvalue weighted by atomic mass is 9.99. The molecule has 2 amide bonds. The van der Waals surface area contributed by atoms with Gasteiger partial charge in [-0.2, -0.15) is 0 Å². The van der Waals surface area contributed by atoms with Crippen LogP contribution in [0.3, 0.4) is 0 Å². The van der Waals surface area contributed by atoms with Crippen LogP contribution in [0.1, 0.15) is 25.3 Å². The highest BCUT2D eigenvalue weighted by Crippen LogP contribution is 2.25. The van der Waals surface area contributed by atoms with E-state index < -0.39 is 0 Å². The largest absolute Gasteiger partial charge is 0.341 e. The van der Waals surface area contributed by atoms with Crippen molar-refractivity contribution in [3.05, 3.63) is 41.7 Å². The normalized spacial score (nSPS) is 19.7. The van der Waals surface area contributed by atoms with E-state index in [-0.39, 0.29) is 11.8 Å². The number of hydrogen-bond donors (Lipinski definition) is 1. The van der Waals surface area contributed by atoms with Crippen molar-refractivity contribution < 1.29 is 9.59 Å². The fourth-order valence-electron chi connectivity index (χ4n) is 3.80. The Morgan fingerprint density at radius 3 is 2.68 bits per heavy atom. The number of carbonyl (C=O) groups excluding carboxylic acids is 2. The molecule has 2 fully saturated rings. The molecule has 3 heterocycles. The number of hydrogen-bond acceptors (Lipinski definition) is 3. The van der Waals surface area contributed by atoms with E-state index in [2.05, 4.69) is 12.2 Å². The SMILES string of the molecule is CC1CCN(C(=O)Cn2cc(/C=C3\NC(=S)N(C)C3=O)c3ccccc32)CC1. The van der Waals surface area contributed by atoms with Gasteiger partial charge in [-0.05, 0) is 43.1 Å². The average Bonchev–Trinajstić information content (AvgIpc) is 3.15. The number of carbonyl (C=O) groups is 2. The van der Waals surface area contributed by atoms with Gasteiger partial charge in [0.05, 0.1) is 0 Å².